The predicted molar refractivity (Wildman–Crippen MR) is 70.8 cm³/mol. The molecule has 0 amide bonds. The van der Waals surface area contributed by atoms with Crippen molar-refractivity contribution in [3.8, 4) is 0 Å². The molecule has 0 saturated heterocycles. The minimum atomic E-state index is -0.392. The van der Waals surface area contributed by atoms with E-state index in [0.717, 1.165) is 18.4 Å². The molecular formula is C15H23NO. The first-order valence-electron chi connectivity index (χ1n) is 6.74. The Morgan fingerprint density at radius 2 is 2.06 bits per heavy atom. The first-order chi connectivity index (χ1) is 8.27. The fourth-order valence-electron chi connectivity index (χ4n) is 2.58. The Hall–Kier alpha value is -0.860. The number of aliphatic hydroxyl groups is 1. The van der Waals surface area contributed by atoms with Gasteiger partial charge in [-0.05, 0) is 42.9 Å². The summed E-state index contributed by atoms with van der Waals surface area (Å²) in [6, 6.07) is 8.32. The molecule has 0 radical (unpaired) electrons. The SMILES string of the molecule is CCCC(CN)C(O)c1ccccc1C1CC1. The number of rotatable bonds is 6. The zero-order chi connectivity index (χ0) is 12.3. The van der Waals surface area contributed by atoms with Gasteiger partial charge < -0.3 is 10.8 Å². The summed E-state index contributed by atoms with van der Waals surface area (Å²) < 4.78 is 0. The molecule has 0 aliphatic heterocycles. The van der Waals surface area contributed by atoms with E-state index in [9.17, 15) is 5.11 Å². The van der Waals surface area contributed by atoms with E-state index in [1.54, 1.807) is 0 Å². The lowest BCUT2D eigenvalue weighted by Crippen LogP contribution is -2.22. The third-order valence-corrected chi connectivity index (χ3v) is 3.74. The topological polar surface area (TPSA) is 46.2 Å². The highest BCUT2D eigenvalue weighted by atomic mass is 16.3. The standard InChI is InChI=1S/C15H23NO/c1-2-5-12(10-16)15(17)14-7-4-3-6-13(14)11-8-9-11/h3-4,6-7,11-12,15,17H,2,5,8-10,16H2,1H3. The van der Waals surface area contributed by atoms with Crippen molar-refractivity contribution < 1.29 is 5.11 Å². The van der Waals surface area contributed by atoms with Crippen LogP contribution in [0.1, 0.15) is 55.8 Å². The number of hydrogen-bond donors (Lipinski definition) is 2. The number of nitrogens with two attached hydrogens (primary N) is 1. The maximum absolute atomic E-state index is 10.5. The van der Waals surface area contributed by atoms with E-state index in [1.165, 1.54) is 18.4 Å². The highest BCUT2D eigenvalue weighted by molar-refractivity contribution is 5.35. The summed E-state index contributed by atoms with van der Waals surface area (Å²) in [4.78, 5) is 0. The summed E-state index contributed by atoms with van der Waals surface area (Å²) in [5, 5.41) is 10.5. The van der Waals surface area contributed by atoms with Crippen molar-refractivity contribution in [2.75, 3.05) is 6.54 Å². The molecule has 0 bridgehead atoms. The minimum Gasteiger partial charge on any atom is -0.388 e. The molecule has 0 aromatic heterocycles. The normalized spacial score (nSPS) is 19.0. The Bertz CT molecular complexity index is 360. The second-order valence-electron chi connectivity index (χ2n) is 5.13. The second-order valence-corrected chi connectivity index (χ2v) is 5.13. The molecule has 0 heterocycles. The van der Waals surface area contributed by atoms with E-state index in [-0.39, 0.29) is 5.92 Å². The average Bonchev–Trinajstić information content (AvgIpc) is 3.19. The zero-order valence-electron chi connectivity index (χ0n) is 10.6. The van der Waals surface area contributed by atoms with Gasteiger partial charge in [0.25, 0.3) is 0 Å². The van der Waals surface area contributed by atoms with E-state index in [4.69, 9.17) is 5.73 Å². The van der Waals surface area contributed by atoms with Gasteiger partial charge in [0.15, 0.2) is 0 Å². The number of aliphatic hydroxyl groups excluding tert-OH is 1. The monoisotopic (exact) mass is 233 g/mol. The maximum atomic E-state index is 10.5. The van der Waals surface area contributed by atoms with Crippen LogP contribution in [0.2, 0.25) is 0 Å². The van der Waals surface area contributed by atoms with Gasteiger partial charge in [-0.25, -0.2) is 0 Å². The summed E-state index contributed by atoms with van der Waals surface area (Å²) in [5.41, 5.74) is 8.23. The highest BCUT2D eigenvalue weighted by Crippen LogP contribution is 2.44. The van der Waals surface area contributed by atoms with Crippen LogP contribution >= 0.6 is 0 Å². The average molecular weight is 233 g/mol. The molecule has 2 rings (SSSR count). The van der Waals surface area contributed by atoms with Crippen LogP contribution in [-0.2, 0) is 0 Å². The maximum Gasteiger partial charge on any atom is 0.0833 e. The molecule has 2 atom stereocenters. The molecule has 0 spiro atoms. The Morgan fingerprint density at radius 3 is 2.65 bits per heavy atom. The fraction of sp³-hybridized carbons (Fsp3) is 0.600. The lowest BCUT2D eigenvalue weighted by molar-refractivity contribution is 0.106. The lowest BCUT2D eigenvalue weighted by Gasteiger charge is -2.23. The van der Waals surface area contributed by atoms with Crippen LogP contribution in [0, 0.1) is 5.92 Å². The summed E-state index contributed by atoms with van der Waals surface area (Å²) in [6.07, 6.45) is 4.22. The van der Waals surface area contributed by atoms with Crippen LogP contribution in [-0.4, -0.2) is 11.7 Å². The third kappa shape index (κ3) is 2.88. The zero-order valence-corrected chi connectivity index (χ0v) is 10.6. The van der Waals surface area contributed by atoms with E-state index < -0.39 is 6.10 Å². The van der Waals surface area contributed by atoms with Gasteiger partial charge in [-0.1, -0.05) is 37.6 Å². The molecule has 3 N–H and O–H groups in total. The van der Waals surface area contributed by atoms with Gasteiger partial charge in [0.2, 0.25) is 0 Å². The van der Waals surface area contributed by atoms with Crippen LogP contribution in [0.5, 0.6) is 0 Å². The molecule has 94 valence electrons. The molecule has 1 aromatic carbocycles. The van der Waals surface area contributed by atoms with Gasteiger partial charge in [-0.3, -0.25) is 0 Å². The van der Waals surface area contributed by atoms with E-state index in [2.05, 4.69) is 25.1 Å². The molecule has 2 unspecified atom stereocenters. The molecular weight excluding hydrogens is 210 g/mol. The molecule has 2 nitrogen and oxygen atoms in total. The summed E-state index contributed by atoms with van der Waals surface area (Å²) in [6.45, 7) is 2.70. The molecule has 1 saturated carbocycles. The molecule has 1 aromatic rings. The molecule has 17 heavy (non-hydrogen) atoms. The van der Waals surface area contributed by atoms with Crippen LogP contribution < -0.4 is 5.73 Å². The van der Waals surface area contributed by atoms with Gasteiger partial charge in [-0.2, -0.15) is 0 Å². The first kappa shape index (κ1) is 12.6. The van der Waals surface area contributed by atoms with Gasteiger partial charge in [0.1, 0.15) is 0 Å². The van der Waals surface area contributed by atoms with Gasteiger partial charge in [-0.15, -0.1) is 0 Å². The largest absolute Gasteiger partial charge is 0.388 e. The molecule has 1 aliphatic carbocycles. The van der Waals surface area contributed by atoms with Crippen molar-refractivity contribution >= 4 is 0 Å². The third-order valence-electron chi connectivity index (χ3n) is 3.74. The first-order valence-corrected chi connectivity index (χ1v) is 6.74. The van der Waals surface area contributed by atoms with Gasteiger partial charge >= 0.3 is 0 Å². The summed E-state index contributed by atoms with van der Waals surface area (Å²) >= 11 is 0. The quantitative estimate of drug-likeness (QED) is 0.793. The Morgan fingerprint density at radius 1 is 1.35 bits per heavy atom. The smallest absolute Gasteiger partial charge is 0.0833 e. The van der Waals surface area contributed by atoms with Crippen LogP contribution in [0.15, 0.2) is 24.3 Å². The fourth-order valence-corrected chi connectivity index (χ4v) is 2.58. The molecule has 2 heteroatoms. The summed E-state index contributed by atoms with van der Waals surface area (Å²) in [7, 11) is 0. The van der Waals surface area contributed by atoms with Crippen molar-refractivity contribution in [2.24, 2.45) is 11.7 Å². The van der Waals surface area contributed by atoms with Crippen LogP contribution in [0.3, 0.4) is 0 Å². The Balaban J connectivity index is 2.19. The van der Waals surface area contributed by atoms with E-state index in [0.29, 0.717) is 12.5 Å². The van der Waals surface area contributed by atoms with Crippen molar-refractivity contribution in [2.45, 2.75) is 44.6 Å². The highest BCUT2D eigenvalue weighted by Gasteiger charge is 2.29. The number of benzene rings is 1. The van der Waals surface area contributed by atoms with Crippen LogP contribution in [0.25, 0.3) is 0 Å². The van der Waals surface area contributed by atoms with Crippen molar-refractivity contribution in [1.29, 1.82) is 0 Å². The summed E-state index contributed by atoms with van der Waals surface area (Å²) in [5.74, 6) is 0.876. The van der Waals surface area contributed by atoms with Crippen molar-refractivity contribution in [1.82, 2.24) is 0 Å². The Kier molecular flexibility index (Phi) is 4.19. The van der Waals surface area contributed by atoms with Crippen LogP contribution in [0.4, 0.5) is 0 Å². The van der Waals surface area contributed by atoms with E-state index in [1.807, 2.05) is 6.07 Å². The van der Waals surface area contributed by atoms with Crippen molar-refractivity contribution in [3.05, 3.63) is 35.4 Å². The second kappa shape index (κ2) is 5.65. The molecule has 1 aliphatic rings. The number of hydrogen-bond acceptors (Lipinski definition) is 2. The predicted octanol–water partition coefficient (Wildman–Crippen LogP) is 2.97. The lowest BCUT2D eigenvalue weighted by atomic mass is 9.88. The van der Waals surface area contributed by atoms with Gasteiger partial charge in [0, 0.05) is 5.92 Å². The van der Waals surface area contributed by atoms with E-state index >= 15 is 0 Å². The van der Waals surface area contributed by atoms with Gasteiger partial charge in [0.05, 0.1) is 6.10 Å². The minimum absolute atomic E-state index is 0.194. The van der Waals surface area contributed by atoms with Crippen molar-refractivity contribution in [3.63, 3.8) is 0 Å². The molecule has 1 fully saturated rings. The Labute approximate surface area is 104 Å².